The van der Waals surface area contributed by atoms with Crippen LogP contribution in [0.5, 0.6) is 5.75 Å². The van der Waals surface area contributed by atoms with Gasteiger partial charge in [-0.05, 0) is 41.7 Å². The number of thioether (sulfide) groups is 1. The molecule has 2 aliphatic rings. The molecular weight excluding hydrogens is 462 g/mol. The van der Waals surface area contributed by atoms with Crippen molar-refractivity contribution >= 4 is 41.2 Å². The first-order valence-corrected chi connectivity index (χ1v) is 12.0. The topological polar surface area (TPSA) is 79.0 Å². The minimum atomic E-state index is -0.477. The van der Waals surface area contributed by atoms with Crippen molar-refractivity contribution in [2.45, 2.75) is 31.3 Å². The highest BCUT2D eigenvalue weighted by molar-refractivity contribution is 8.03. The molecule has 172 valence electrons. The highest BCUT2D eigenvalue weighted by Crippen LogP contribution is 2.35. The van der Waals surface area contributed by atoms with Gasteiger partial charge in [0.1, 0.15) is 17.5 Å². The van der Waals surface area contributed by atoms with Gasteiger partial charge in [0.25, 0.3) is 0 Å². The Morgan fingerprint density at radius 3 is 2.64 bits per heavy atom. The SMILES string of the molecule is CCOc1ccc(CN2C(=O)C3SC=CC3N(CC(=O)NCc3ccccc3Cl)C2=O)cc1. The van der Waals surface area contributed by atoms with E-state index in [4.69, 9.17) is 16.3 Å². The van der Waals surface area contributed by atoms with Crippen LogP contribution in [0.4, 0.5) is 4.79 Å². The van der Waals surface area contributed by atoms with Crippen LogP contribution in [-0.2, 0) is 22.7 Å². The van der Waals surface area contributed by atoms with Gasteiger partial charge in [-0.15, -0.1) is 11.8 Å². The summed E-state index contributed by atoms with van der Waals surface area (Å²) >= 11 is 7.52. The van der Waals surface area contributed by atoms with Crippen LogP contribution in [0.3, 0.4) is 0 Å². The zero-order chi connectivity index (χ0) is 23.4. The normalized spacial score (nSPS) is 19.6. The Labute approximate surface area is 201 Å². The molecule has 1 fully saturated rings. The van der Waals surface area contributed by atoms with Crippen LogP contribution >= 0.6 is 23.4 Å². The Balaban J connectivity index is 1.45. The van der Waals surface area contributed by atoms with Gasteiger partial charge >= 0.3 is 6.03 Å². The second-order valence-electron chi connectivity index (χ2n) is 7.66. The first-order valence-electron chi connectivity index (χ1n) is 10.6. The summed E-state index contributed by atoms with van der Waals surface area (Å²) in [6, 6.07) is 13.6. The van der Waals surface area contributed by atoms with Crippen LogP contribution < -0.4 is 10.1 Å². The first kappa shape index (κ1) is 23.2. The smallest absolute Gasteiger partial charge is 0.328 e. The van der Waals surface area contributed by atoms with Gasteiger partial charge in [0, 0.05) is 11.6 Å². The molecule has 2 heterocycles. The van der Waals surface area contributed by atoms with E-state index in [1.165, 1.54) is 21.6 Å². The molecule has 0 spiro atoms. The van der Waals surface area contributed by atoms with E-state index in [1.807, 2.05) is 54.8 Å². The molecule has 2 aliphatic heterocycles. The van der Waals surface area contributed by atoms with Crippen LogP contribution in [0.2, 0.25) is 5.02 Å². The van der Waals surface area contributed by atoms with Crippen molar-refractivity contribution in [3.63, 3.8) is 0 Å². The molecule has 1 saturated heterocycles. The Kier molecular flexibility index (Phi) is 7.25. The number of carbonyl (C=O) groups excluding carboxylic acids is 3. The van der Waals surface area contributed by atoms with E-state index in [0.29, 0.717) is 11.6 Å². The van der Waals surface area contributed by atoms with E-state index < -0.39 is 17.3 Å². The summed E-state index contributed by atoms with van der Waals surface area (Å²) < 4.78 is 5.45. The number of imide groups is 1. The van der Waals surface area contributed by atoms with Gasteiger partial charge in [0.05, 0.1) is 19.2 Å². The molecule has 0 saturated carbocycles. The Hall–Kier alpha value is -2.97. The lowest BCUT2D eigenvalue weighted by Gasteiger charge is -2.41. The number of halogens is 1. The fourth-order valence-electron chi connectivity index (χ4n) is 3.80. The number of urea groups is 1. The van der Waals surface area contributed by atoms with E-state index >= 15 is 0 Å². The van der Waals surface area contributed by atoms with Crippen LogP contribution in [0, 0.1) is 0 Å². The standard InChI is InChI=1S/C24H24ClN3O4S/c1-2-32-18-9-7-16(8-10-18)14-28-23(30)22-20(11-12-33-22)27(24(28)31)15-21(29)26-13-17-5-3-4-6-19(17)25/h3-12,20,22H,2,13-15H2,1H3,(H,26,29). The largest absolute Gasteiger partial charge is 0.494 e. The van der Waals surface area contributed by atoms with Crippen molar-refractivity contribution in [3.05, 3.63) is 76.2 Å². The number of benzene rings is 2. The number of carbonyl (C=O) groups is 3. The highest BCUT2D eigenvalue weighted by Gasteiger charge is 2.47. The predicted octanol–water partition coefficient (Wildman–Crippen LogP) is 3.82. The summed E-state index contributed by atoms with van der Waals surface area (Å²) in [7, 11) is 0. The number of rotatable bonds is 8. The van der Waals surface area contributed by atoms with Gasteiger partial charge in [-0.3, -0.25) is 14.5 Å². The maximum atomic E-state index is 13.3. The minimum Gasteiger partial charge on any atom is -0.494 e. The fourth-order valence-corrected chi connectivity index (χ4v) is 5.06. The highest BCUT2D eigenvalue weighted by atomic mass is 35.5. The second-order valence-corrected chi connectivity index (χ2v) is 9.12. The van der Waals surface area contributed by atoms with E-state index in [2.05, 4.69) is 5.32 Å². The lowest BCUT2D eigenvalue weighted by atomic mass is 10.1. The van der Waals surface area contributed by atoms with Crippen molar-refractivity contribution in [2.24, 2.45) is 0 Å². The number of nitrogens with one attached hydrogen (secondary N) is 1. The lowest BCUT2D eigenvalue weighted by molar-refractivity contribution is -0.133. The maximum absolute atomic E-state index is 13.3. The zero-order valence-corrected chi connectivity index (χ0v) is 19.6. The first-order chi connectivity index (χ1) is 16.0. The average molecular weight is 486 g/mol. The molecular formula is C24H24ClN3O4S. The minimum absolute atomic E-state index is 0.131. The second kappa shape index (κ2) is 10.3. The van der Waals surface area contributed by atoms with E-state index in [0.717, 1.165) is 16.9 Å². The van der Waals surface area contributed by atoms with Gasteiger partial charge in [0.2, 0.25) is 11.8 Å². The Morgan fingerprint density at radius 2 is 1.91 bits per heavy atom. The van der Waals surface area contributed by atoms with Crippen molar-refractivity contribution < 1.29 is 19.1 Å². The number of hydrogen-bond acceptors (Lipinski definition) is 5. The van der Waals surface area contributed by atoms with Crippen molar-refractivity contribution in [1.29, 1.82) is 0 Å². The third-order valence-electron chi connectivity index (χ3n) is 5.48. The monoisotopic (exact) mass is 485 g/mol. The molecule has 4 amide bonds. The quantitative estimate of drug-likeness (QED) is 0.615. The van der Waals surface area contributed by atoms with E-state index in [1.54, 1.807) is 12.1 Å². The molecule has 4 rings (SSSR count). The van der Waals surface area contributed by atoms with Crippen LogP contribution in [0.15, 0.2) is 60.0 Å². The summed E-state index contributed by atoms with van der Waals surface area (Å²) in [5.41, 5.74) is 1.59. The fraction of sp³-hybridized carbons (Fsp3) is 0.292. The number of hydrogen-bond donors (Lipinski definition) is 1. The average Bonchev–Trinajstić information content (AvgIpc) is 3.30. The molecule has 7 nitrogen and oxygen atoms in total. The predicted molar refractivity (Wildman–Crippen MR) is 128 cm³/mol. The summed E-state index contributed by atoms with van der Waals surface area (Å²) in [5, 5.41) is 4.74. The third kappa shape index (κ3) is 5.17. The molecule has 2 aromatic carbocycles. The maximum Gasteiger partial charge on any atom is 0.328 e. The molecule has 2 aromatic rings. The van der Waals surface area contributed by atoms with Crippen molar-refractivity contribution in [1.82, 2.24) is 15.1 Å². The summed E-state index contributed by atoms with van der Waals surface area (Å²) in [6.07, 6.45) is 1.81. The van der Waals surface area contributed by atoms with Crippen LogP contribution in [0.25, 0.3) is 0 Å². The third-order valence-corrected chi connectivity index (χ3v) is 6.94. The number of ether oxygens (including phenoxy) is 1. The molecule has 0 bridgehead atoms. The van der Waals surface area contributed by atoms with Crippen molar-refractivity contribution in [3.8, 4) is 5.75 Å². The summed E-state index contributed by atoms with van der Waals surface area (Å²) in [5.74, 6) is 0.161. The van der Waals surface area contributed by atoms with E-state index in [-0.39, 0.29) is 31.4 Å². The molecule has 0 radical (unpaired) electrons. The Bertz CT molecular complexity index is 1080. The Morgan fingerprint density at radius 1 is 1.15 bits per heavy atom. The molecule has 33 heavy (non-hydrogen) atoms. The molecule has 9 heteroatoms. The summed E-state index contributed by atoms with van der Waals surface area (Å²) in [6.45, 7) is 2.70. The van der Waals surface area contributed by atoms with E-state index in [9.17, 15) is 14.4 Å². The van der Waals surface area contributed by atoms with Gasteiger partial charge in [-0.25, -0.2) is 4.79 Å². The molecule has 0 aliphatic carbocycles. The lowest BCUT2D eigenvalue weighted by Crippen LogP contribution is -2.62. The number of nitrogens with zero attached hydrogens (tertiary/aromatic N) is 2. The molecule has 2 unspecified atom stereocenters. The van der Waals surface area contributed by atoms with Gasteiger partial charge in [-0.1, -0.05) is 48.0 Å². The van der Waals surface area contributed by atoms with Gasteiger partial charge in [0.15, 0.2) is 0 Å². The number of amides is 4. The van der Waals surface area contributed by atoms with Crippen LogP contribution in [-0.4, -0.2) is 52.1 Å². The molecule has 1 N–H and O–H groups in total. The summed E-state index contributed by atoms with van der Waals surface area (Å²) in [4.78, 5) is 41.7. The zero-order valence-electron chi connectivity index (χ0n) is 18.1. The van der Waals surface area contributed by atoms with Crippen LogP contribution in [0.1, 0.15) is 18.1 Å². The van der Waals surface area contributed by atoms with Gasteiger partial charge < -0.3 is 15.0 Å². The number of fused-ring (bicyclic) bond motifs is 1. The van der Waals surface area contributed by atoms with Gasteiger partial charge in [-0.2, -0.15) is 0 Å². The van der Waals surface area contributed by atoms with Crippen molar-refractivity contribution in [2.75, 3.05) is 13.2 Å². The molecule has 0 aromatic heterocycles. The molecule has 2 atom stereocenters.